The minimum atomic E-state index is 0.138. The Morgan fingerprint density at radius 3 is 2.69 bits per heavy atom. The zero-order chi connectivity index (χ0) is 18.0. The fraction of sp³-hybridized carbons (Fsp3) is 0.474. The molecule has 0 atom stereocenters. The van der Waals surface area contributed by atoms with Crippen LogP contribution in [0.4, 0.5) is 17.5 Å². The number of nitrogens with zero attached hydrogens (tertiary/aromatic N) is 3. The quantitative estimate of drug-likeness (QED) is 0.599. The normalized spacial score (nSPS) is 14.2. The minimum Gasteiger partial charge on any atom is -0.368 e. The van der Waals surface area contributed by atoms with Crippen LogP contribution in [-0.2, 0) is 4.79 Å². The fourth-order valence-electron chi connectivity index (χ4n) is 3.21. The van der Waals surface area contributed by atoms with E-state index in [9.17, 15) is 4.79 Å². The molecule has 7 nitrogen and oxygen atoms in total. The molecule has 0 spiro atoms. The van der Waals surface area contributed by atoms with Crippen molar-refractivity contribution < 1.29 is 4.79 Å². The first-order chi connectivity index (χ1) is 12.8. The van der Waals surface area contributed by atoms with Crippen molar-refractivity contribution >= 4 is 23.4 Å². The van der Waals surface area contributed by atoms with E-state index in [2.05, 4.69) is 30.9 Å². The lowest BCUT2D eigenvalue weighted by Crippen LogP contribution is -2.29. The van der Waals surface area contributed by atoms with E-state index < -0.39 is 0 Å². The number of carbonyl (C=O) groups excluding carboxylic acids is 1. The molecule has 1 aliphatic rings. The van der Waals surface area contributed by atoms with E-state index in [-0.39, 0.29) is 5.91 Å². The molecule has 0 saturated heterocycles. The molecular weight excluding hydrogens is 328 g/mol. The van der Waals surface area contributed by atoms with Gasteiger partial charge in [-0.3, -0.25) is 4.79 Å². The first-order valence-electron chi connectivity index (χ1n) is 9.30. The lowest BCUT2D eigenvalue weighted by Gasteiger charge is -2.10. The highest BCUT2D eigenvalue weighted by Gasteiger charge is 2.15. The Morgan fingerprint density at radius 1 is 1.04 bits per heavy atom. The molecule has 0 unspecified atom stereocenters. The third kappa shape index (κ3) is 5.98. The Morgan fingerprint density at radius 2 is 1.88 bits per heavy atom. The van der Waals surface area contributed by atoms with E-state index in [1.165, 1.54) is 32.0 Å². The van der Waals surface area contributed by atoms with Gasteiger partial charge in [-0.15, -0.1) is 0 Å². The van der Waals surface area contributed by atoms with Gasteiger partial charge in [0, 0.05) is 31.8 Å². The predicted molar refractivity (Wildman–Crippen MR) is 102 cm³/mol. The number of rotatable bonds is 9. The van der Waals surface area contributed by atoms with Crippen LogP contribution in [-0.4, -0.2) is 33.9 Å². The summed E-state index contributed by atoms with van der Waals surface area (Å²) in [6, 6.07) is 7.46. The molecule has 1 amide bonds. The summed E-state index contributed by atoms with van der Waals surface area (Å²) in [5.41, 5.74) is 0. The highest BCUT2D eigenvalue weighted by molar-refractivity contribution is 5.75. The Bertz CT molecular complexity index is 687. The van der Waals surface area contributed by atoms with Crippen LogP contribution in [0.1, 0.15) is 38.5 Å². The lowest BCUT2D eigenvalue weighted by molar-refractivity contribution is -0.121. The van der Waals surface area contributed by atoms with Crippen molar-refractivity contribution in [3.63, 3.8) is 0 Å². The van der Waals surface area contributed by atoms with Gasteiger partial charge in [-0.1, -0.05) is 31.7 Å². The highest BCUT2D eigenvalue weighted by Crippen LogP contribution is 2.28. The fourth-order valence-corrected chi connectivity index (χ4v) is 3.21. The smallest absolute Gasteiger partial charge is 0.220 e. The standard InChI is InChI=1S/C19H26N6O/c26-19(9-8-15-5-1-2-6-15)22-12-11-21-17-13-18(24-14-23-17)25-16-7-3-4-10-20-16/h3-4,7,10,13-15H,1-2,5-6,8-9,11-12H2,(H,22,26)(H2,20,21,23,24,25). The Hall–Kier alpha value is -2.70. The van der Waals surface area contributed by atoms with Crippen molar-refractivity contribution in [2.45, 2.75) is 38.5 Å². The molecule has 7 heteroatoms. The van der Waals surface area contributed by atoms with Crippen molar-refractivity contribution in [3.05, 3.63) is 36.8 Å². The first-order valence-corrected chi connectivity index (χ1v) is 9.30. The van der Waals surface area contributed by atoms with E-state index in [4.69, 9.17) is 0 Å². The number of amides is 1. The number of nitrogens with one attached hydrogen (secondary N) is 3. The second-order valence-electron chi connectivity index (χ2n) is 6.59. The number of aromatic nitrogens is 3. The second-order valence-corrected chi connectivity index (χ2v) is 6.59. The molecule has 26 heavy (non-hydrogen) atoms. The summed E-state index contributed by atoms with van der Waals surface area (Å²) in [5, 5.41) is 9.28. The van der Waals surface area contributed by atoms with Crippen molar-refractivity contribution in [2.75, 3.05) is 23.7 Å². The van der Waals surface area contributed by atoms with Crippen molar-refractivity contribution in [3.8, 4) is 0 Å². The van der Waals surface area contributed by atoms with Gasteiger partial charge >= 0.3 is 0 Å². The Balaban J connectivity index is 1.35. The van der Waals surface area contributed by atoms with Crippen LogP contribution in [0.5, 0.6) is 0 Å². The van der Waals surface area contributed by atoms with Gasteiger partial charge in [0.2, 0.25) is 5.91 Å². The van der Waals surface area contributed by atoms with E-state index in [1.54, 1.807) is 6.20 Å². The summed E-state index contributed by atoms with van der Waals surface area (Å²) in [4.78, 5) is 24.5. The van der Waals surface area contributed by atoms with Gasteiger partial charge < -0.3 is 16.0 Å². The Kier molecular flexibility index (Phi) is 6.75. The molecule has 2 aromatic rings. The molecule has 0 aliphatic heterocycles. The number of carbonyl (C=O) groups is 1. The molecule has 3 rings (SSSR count). The van der Waals surface area contributed by atoms with Crippen molar-refractivity contribution in [2.24, 2.45) is 5.92 Å². The highest BCUT2D eigenvalue weighted by atomic mass is 16.1. The van der Waals surface area contributed by atoms with Crippen LogP contribution in [0.25, 0.3) is 0 Å². The van der Waals surface area contributed by atoms with Gasteiger partial charge in [0.1, 0.15) is 23.8 Å². The zero-order valence-corrected chi connectivity index (χ0v) is 14.9. The molecule has 1 fully saturated rings. The molecule has 1 saturated carbocycles. The van der Waals surface area contributed by atoms with E-state index in [1.807, 2.05) is 24.3 Å². The monoisotopic (exact) mass is 354 g/mol. The maximum absolute atomic E-state index is 11.9. The second kappa shape index (κ2) is 9.70. The summed E-state index contributed by atoms with van der Waals surface area (Å²) in [6.07, 6.45) is 10.1. The van der Waals surface area contributed by atoms with Gasteiger partial charge in [-0.05, 0) is 24.5 Å². The SMILES string of the molecule is O=C(CCC1CCCC1)NCCNc1cc(Nc2ccccn2)ncn1. The number of hydrogen-bond acceptors (Lipinski definition) is 6. The third-order valence-corrected chi connectivity index (χ3v) is 4.60. The molecule has 138 valence electrons. The lowest BCUT2D eigenvalue weighted by atomic mass is 10.0. The topological polar surface area (TPSA) is 91.8 Å². The van der Waals surface area contributed by atoms with Gasteiger partial charge in [0.15, 0.2) is 0 Å². The summed E-state index contributed by atoms with van der Waals surface area (Å²) in [5.74, 6) is 3.00. The molecule has 2 aromatic heterocycles. The number of anilines is 3. The van der Waals surface area contributed by atoms with Crippen LogP contribution < -0.4 is 16.0 Å². The van der Waals surface area contributed by atoms with Crippen molar-refractivity contribution in [1.82, 2.24) is 20.3 Å². The molecule has 0 aromatic carbocycles. The third-order valence-electron chi connectivity index (χ3n) is 4.60. The van der Waals surface area contributed by atoms with Crippen molar-refractivity contribution in [1.29, 1.82) is 0 Å². The largest absolute Gasteiger partial charge is 0.368 e. The van der Waals surface area contributed by atoms with Crippen LogP contribution >= 0.6 is 0 Å². The molecule has 0 bridgehead atoms. The summed E-state index contributed by atoms with van der Waals surface area (Å²) in [6.45, 7) is 1.20. The number of pyridine rings is 1. The number of hydrogen-bond donors (Lipinski definition) is 3. The van der Waals surface area contributed by atoms with E-state index >= 15 is 0 Å². The molecule has 2 heterocycles. The van der Waals surface area contributed by atoms with E-state index in [0.29, 0.717) is 31.1 Å². The van der Waals surface area contributed by atoms with Gasteiger partial charge in [-0.2, -0.15) is 0 Å². The maximum atomic E-state index is 11.9. The average molecular weight is 354 g/mol. The summed E-state index contributed by atoms with van der Waals surface area (Å²) in [7, 11) is 0. The van der Waals surface area contributed by atoms with Gasteiger partial charge in [0.25, 0.3) is 0 Å². The Labute approximate surface area is 154 Å². The molecular formula is C19H26N6O. The predicted octanol–water partition coefficient (Wildman–Crippen LogP) is 3.11. The average Bonchev–Trinajstić information content (AvgIpc) is 3.18. The summed E-state index contributed by atoms with van der Waals surface area (Å²) < 4.78 is 0. The van der Waals surface area contributed by atoms with Crippen LogP contribution in [0.3, 0.4) is 0 Å². The van der Waals surface area contributed by atoms with Gasteiger partial charge in [-0.25, -0.2) is 15.0 Å². The zero-order valence-electron chi connectivity index (χ0n) is 14.9. The van der Waals surface area contributed by atoms with E-state index in [0.717, 1.165) is 18.2 Å². The first kappa shape index (κ1) is 18.1. The van der Waals surface area contributed by atoms with Gasteiger partial charge in [0.05, 0.1) is 0 Å². The summed E-state index contributed by atoms with van der Waals surface area (Å²) >= 11 is 0. The van der Waals surface area contributed by atoms with Crippen LogP contribution in [0.2, 0.25) is 0 Å². The maximum Gasteiger partial charge on any atom is 0.220 e. The molecule has 3 N–H and O–H groups in total. The minimum absolute atomic E-state index is 0.138. The molecule has 0 radical (unpaired) electrons. The van der Waals surface area contributed by atoms with Crippen LogP contribution in [0.15, 0.2) is 36.8 Å². The van der Waals surface area contributed by atoms with Crippen LogP contribution in [0, 0.1) is 5.92 Å². The molecule has 1 aliphatic carbocycles.